The predicted octanol–water partition coefficient (Wildman–Crippen LogP) is 6.18. The van der Waals surface area contributed by atoms with Crippen molar-refractivity contribution in [2.75, 3.05) is 0 Å². The van der Waals surface area contributed by atoms with Gasteiger partial charge in [-0.05, 0) is 61.1 Å². The molecule has 2 atom stereocenters. The van der Waals surface area contributed by atoms with Crippen LogP contribution in [0.1, 0.15) is 48.6 Å². The first-order valence-corrected chi connectivity index (χ1v) is 12.3. The molecule has 0 aliphatic rings. The summed E-state index contributed by atoms with van der Waals surface area (Å²) < 4.78 is 0. The van der Waals surface area contributed by atoms with Gasteiger partial charge in [0, 0.05) is 36.0 Å². The lowest BCUT2D eigenvalue weighted by Crippen LogP contribution is -2.66. The molecule has 1 unspecified atom stereocenters. The van der Waals surface area contributed by atoms with Crippen molar-refractivity contribution in [2.24, 2.45) is 0 Å². The number of aromatic amines is 1. The van der Waals surface area contributed by atoms with E-state index < -0.39 is 16.9 Å². The Labute approximate surface area is 212 Å². The van der Waals surface area contributed by atoms with Crippen LogP contribution in [0.5, 0.6) is 0 Å². The number of nitrogens with one attached hydrogen (secondary N) is 1. The molecule has 36 heavy (non-hydrogen) atoms. The summed E-state index contributed by atoms with van der Waals surface area (Å²) >= 11 is 0. The van der Waals surface area contributed by atoms with Gasteiger partial charge in [-0.2, -0.15) is 0 Å². The Morgan fingerprint density at radius 2 is 1.42 bits per heavy atom. The number of carbonyl (C=O) groups is 2. The Morgan fingerprint density at radius 1 is 0.861 bits per heavy atom. The normalized spacial score (nSPS) is 14.7. The first-order chi connectivity index (χ1) is 17.1. The minimum absolute atomic E-state index is 0.205. The van der Waals surface area contributed by atoms with Gasteiger partial charge in [-0.3, -0.25) is 4.79 Å². The molecule has 1 amide bonds. The first-order valence-electron chi connectivity index (χ1n) is 12.3. The Balaban J connectivity index is 1.99. The second kappa shape index (κ2) is 9.65. The van der Waals surface area contributed by atoms with Crippen molar-refractivity contribution in [3.05, 3.63) is 107 Å². The Kier molecular flexibility index (Phi) is 6.77. The smallest absolute Gasteiger partial charge is 0.330 e. The van der Waals surface area contributed by atoms with Crippen molar-refractivity contribution in [1.82, 2.24) is 9.88 Å². The first kappa shape index (κ1) is 25.2. The molecule has 0 spiro atoms. The van der Waals surface area contributed by atoms with Crippen LogP contribution in [0.2, 0.25) is 0 Å². The minimum atomic E-state index is -1.56. The number of nitrogens with zero attached hydrogens (tertiary/aromatic N) is 1. The summed E-state index contributed by atoms with van der Waals surface area (Å²) in [6.45, 7) is 9.38. The monoisotopic (exact) mass is 482 g/mol. The number of carboxylic acids is 1. The molecule has 2 N–H and O–H groups in total. The average molecular weight is 483 g/mol. The summed E-state index contributed by atoms with van der Waals surface area (Å²) in [5, 5.41) is 11.9. The van der Waals surface area contributed by atoms with Gasteiger partial charge in [-0.1, -0.05) is 73.7 Å². The highest BCUT2D eigenvalue weighted by atomic mass is 16.4. The fourth-order valence-electron chi connectivity index (χ4n) is 5.44. The zero-order valence-corrected chi connectivity index (χ0v) is 21.6. The lowest BCUT2D eigenvalue weighted by atomic mass is 9.62. The lowest BCUT2D eigenvalue weighted by Gasteiger charge is -2.50. The van der Waals surface area contributed by atoms with Gasteiger partial charge in [-0.25, -0.2) is 4.79 Å². The standard InChI is InChI=1S/C31H34N2O3/c1-21-12-6-8-14-24(21)18-30(4,27-19-32-28-17-11-10-16-26(27)28)31(5,29(35)36)33(23(3)34)20-25-15-9-7-13-22(25)2/h6-17,19,32H,18,20H2,1-5H3,(H,35,36)/t30?,31-/m0/s1. The highest BCUT2D eigenvalue weighted by Gasteiger charge is 2.57. The molecule has 3 aromatic carbocycles. The third kappa shape index (κ3) is 4.19. The van der Waals surface area contributed by atoms with Gasteiger partial charge in [-0.15, -0.1) is 0 Å². The van der Waals surface area contributed by atoms with E-state index in [9.17, 15) is 14.7 Å². The maximum Gasteiger partial charge on any atom is 0.330 e. The lowest BCUT2D eigenvalue weighted by molar-refractivity contribution is -0.164. The van der Waals surface area contributed by atoms with Crippen LogP contribution < -0.4 is 0 Å². The Morgan fingerprint density at radius 3 is 2.00 bits per heavy atom. The number of hydrogen-bond acceptors (Lipinski definition) is 2. The maximum atomic E-state index is 13.4. The number of aryl methyl sites for hydroxylation is 2. The van der Waals surface area contributed by atoms with Crippen LogP contribution in [0.25, 0.3) is 10.9 Å². The molecule has 1 aromatic heterocycles. The van der Waals surface area contributed by atoms with E-state index in [1.807, 2.05) is 99.8 Å². The van der Waals surface area contributed by atoms with E-state index in [2.05, 4.69) is 4.98 Å². The molecule has 0 bridgehead atoms. The zero-order valence-electron chi connectivity index (χ0n) is 21.6. The maximum absolute atomic E-state index is 13.4. The van der Waals surface area contributed by atoms with Crippen molar-refractivity contribution >= 4 is 22.8 Å². The van der Waals surface area contributed by atoms with Crippen molar-refractivity contribution in [1.29, 1.82) is 0 Å². The number of carboxylic acid groups (broad SMARTS) is 1. The molecule has 0 fully saturated rings. The third-order valence-electron chi connectivity index (χ3n) is 7.99. The van der Waals surface area contributed by atoms with Crippen LogP contribution in [0.4, 0.5) is 0 Å². The molecule has 186 valence electrons. The molecule has 5 nitrogen and oxygen atoms in total. The second-order valence-electron chi connectivity index (χ2n) is 10.1. The van der Waals surface area contributed by atoms with Gasteiger partial charge in [0.05, 0.1) is 0 Å². The molecule has 4 rings (SSSR count). The number of benzene rings is 3. The van der Waals surface area contributed by atoms with Crippen LogP contribution in [0, 0.1) is 13.8 Å². The van der Waals surface area contributed by atoms with Crippen molar-refractivity contribution in [3.8, 4) is 0 Å². The second-order valence-corrected chi connectivity index (χ2v) is 10.1. The number of H-pyrrole nitrogens is 1. The summed E-state index contributed by atoms with van der Waals surface area (Å²) in [7, 11) is 0. The van der Waals surface area contributed by atoms with Crippen molar-refractivity contribution in [2.45, 2.75) is 58.5 Å². The van der Waals surface area contributed by atoms with Crippen LogP contribution in [0.3, 0.4) is 0 Å². The summed E-state index contributed by atoms with van der Waals surface area (Å²) in [6.07, 6.45) is 2.36. The number of hydrogen-bond donors (Lipinski definition) is 2. The zero-order chi connectivity index (χ0) is 26.1. The summed E-state index contributed by atoms with van der Waals surface area (Å²) in [5.41, 5.74) is 3.36. The number of aromatic nitrogens is 1. The fourth-order valence-corrected chi connectivity index (χ4v) is 5.44. The third-order valence-corrected chi connectivity index (χ3v) is 7.99. The van der Waals surface area contributed by atoms with E-state index in [4.69, 9.17) is 0 Å². The molecular formula is C31H34N2O3. The number of fused-ring (bicyclic) bond motifs is 1. The number of amides is 1. The molecule has 0 aliphatic heterocycles. The number of para-hydroxylation sites is 1. The van der Waals surface area contributed by atoms with E-state index in [-0.39, 0.29) is 12.5 Å². The summed E-state index contributed by atoms with van der Waals surface area (Å²) in [6, 6.07) is 23.8. The highest BCUT2D eigenvalue weighted by Crippen LogP contribution is 2.46. The SMILES string of the molecule is CC(=O)N(Cc1ccccc1C)[C@@](C)(C(=O)O)C(C)(Cc1ccccc1C)c1c[nH]c2ccccc12. The van der Waals surface area contributed by atoms with Gasteiger partial charge in [0.15, 0.2) is 0 Å². The van der Waals surface area contributed by atoms with Crippen LogP contribution >= 0.6 is 0 Å². The van der Waals surface area contributed by atoms with Crippen LogP contribution in [0.15, 0.2) is 79.0 Å². The molecule has 0 saturated heterocycles. The number of aliphatic carboxylic acids is 1. The van der Waals surface area contributed by atoms with E-state index >= 15 is 0 Å². The van der Waals surface area contributed by atoms with E-state index in [0.29, 0.717) is 6.42 Å². The molecular weight excluding hydrogens is 448 g/mol. The quantitative estimate of drug-likeness (QED) is 0.315. The van der Waals surface area contributed by atoms with Gasteiger partial charge >= 0.3 is 5.97 Å². The molecule has 5 heteroatoms. The molecule has 0 saturated carbocycles. The van der Waals surface area contributed by atoms with Crippen LogP contribution in [-0.4, -0.2) is 32.4 Å². The average Bonchev–Trinajstić information content (AvgIpc) is 3.29. The summed E-state index contributed by atoms with van der Waals surface area (Å²) in [5.74, 6) is -1.31. The van der Waals surface area contributed by atoms with Gasteiger partial charge in [0.1, 0.15) is 5.54 Å². The minimum Gasteiger partial charge on any atom is -0.479 e. The van der Waals surface area contributed by atoms with E-state index in [0.717, 1.165) is 38.7 Å². The largest absolute Gasteiger partial charge is 0.479 e. The highest BCUT2D eigenvalue weighted by molar-refractivity contribution is 5.91. The predicted molar refractivity (Wildman–Crippen MR) is 144 cm³/mol. The fraction of sp³-hybridized carbons (Fsp3) is 0.290. The number of rotatable bonds is 8. The van der Waals surface area contributed by atoms with E-state index in [1.165, 1.54) is 11.8 Å². The molecule has 0 radical (unpaired) electrons. The summed E-state index contributed by atoms with van der Waals surface area (Å²) in [4.78, 5) is 31.5. The van der Waals surface area contributed by atoms with Crippen molar-refractivity contribution < 1.29 is 14.7 Å². The number of carbonyl (C=O) groups excluding carboxylic acids is 1. The van der Waals surface area contributed by atoms with E-state index in [1.54, 1.807) is 6.92 Å². The Bertz CT molecular complexity index is 1420. The molecule has 0 aliphatic carbocycles. The van der Waals surface area contributed by atoms with Gasteiger partial charge < -0.3 is 15.0 Å². The molecule has 1 heterocycles. The topological polar surface area (TPSA) is 73.4 Å². The van der Waals surface area contributed by atoms with Gasteiger partial charge in [0.2, 0.25) is 5.91 Å². The van der Waals surface area contributed by atoms with Crippen LogP contribution in [-0.2, 0) is 28.0 Å². The van der Waals surface area contributed by atoms with Gasteiger partial charge in [0.25, 0.3) is 0 Å². The Hall–Kier alpha value is -3.86. The van der Waals surface area contributed by atoms with Crippen molar-refractivity contribution in [3.63, 3.8) is 0 Å². The molecule has 4 aromatic rings.